The molecule has 3 heteroatoms. The maximum absolute atomic E-state index is 3.62. The molecule has 136 valence electrons. The molecule has 27 heavy (non-hydrogen) atoms. The minimum absolute atomic E-state index is 1.01. The zero-order valence-corrected chi connectivity index (χ0v) is 15.6. The number of hydrogen-bond donors (Lipinski definition) is 3. The number of aromatic nitrogens is 1. The summed E-state index contributed by atoms with van der Waals surface area (Å²) >= 11 is 0. The Morgan fingerprint density at radius 3 is 2.48 bits per heavy atom. The average Bonchev–Trinajstić information content (AvgIpc) is 3.19. The molecule has 0 saturated carbocycles. The maximum atomic E-state index is 3.62. The number of rotatable bonds is 7. The van der Waals surface area contributed by atoms with Crippen LogP contribution in [-0.4, -0.2) is 18.6 Å². The molecular formula is C24H25N3. The molecule has 0 unspecified atom stereocenters. The third-order valence-corrected chi connectivity index (χ3v) is 4.96. The topological polar surface area (TPSA) is 39.8 Å². The van der Waals surface area contributed by atoms with Gasteiger partial charge in [-0.25, -0.2) is 0 Å². The van der Waals surface area contributed by atoms with Crippen LogP contribution in [0.4, 0.5) is 11.4 Å². The van der Waals surface area contributed by atoms with Gasteiger partial charge in [-0.05, 0) is 67.2 Å². The fourth-order valence-corrected chi connectivity index (χ4v) is 3.65. The first-order valence-electron chi connectivity index (χ1n) is 9.52. The average molecular weight is 355 g/mol. The molecule has 0 amide bonds. The monoisotopic (exact) mass is 355 g/mol. The normalized spacial score (nSPS) is 11.0. The number of benzene rings is 3. The molecule has 0 atom stereocenters. The highest BCUT2D eigenvalue weighted by Crippen LogP contribution is 2.35. The fraction of sp³-hybridized carbons (Fsp3) is 0.167. The first-order chi connectivity index (χ1) is 13.4. The first-order valence-corrected chi connectivity index (χ1v) is 9.52. The van der Waals surface area contributed by atoms with Crippen molar-refractivity contribution in [1.29, 1.82) is 0 Å². The fourth-order valence-electron chi connectivity index (χ4n) is 3.65. The number of hydrogen-bond acceptors (Lipinski definition) is 2. The third-order valence-electron chi connectivity index (χ3n) is 4.96. The molecular weight excluding hydrogens is 330 g/mol. The second kappa shape index (κ2) is 8.11. The summed E-state index contributed by atoms with van der Waals surface area (Å²) in [6.45, 7) is 1.01. The lowest BCUT2D eigenvalue weighted by molar-refractivity contribution is 0.726. The smallest absolute Gasteiger partial charge is 0.0533 e. The van der Waals surface area contributed by atoms with Gasteiger partial charge in [0.05, 0.1) is 5.52 Å². The van der Waals surface area contributed by atoms with Crippen LogP contribution in [0.3, 0.4) is 0 Å². The van der Waals surface area contributed by atoms with Crippen LogP contribution in [-0.2, 0) is 6.42 Å². The van der Waals surface area contributed by atoms with Gasteiger partial charge in [0, 0.05) is 23.1 Å². The van der Waals surface area contributed by atoms with Crippen molar-refractivity contribution in [2.75, 3.05) is 18.9 Å². The second-order valence-corrected chi connectivity index (χ2v) is 6.78. The van der Waals surface area contributed by atoms with Gasteiger partial charge in [0.25, 0.3) is 0 Å². The molecule has 1 aromatic heterocycles. The SMILES string of the molecule is CNCCCc1c(Nc2ccccc2)cccc1-c1cccc2cc[nH]c12. The molecule has 3 aromatic carbocycles. The second-order valence-electron chi connectivity index (χ2n) is 6.78. The largest absolute Gasteiger partial charge is 0.361 e. The van der Waals surface area contributed by atoms with Gasteiger partial charge in [-0.3, -0.25) is 0 Å². The number of para-hydroxylation sites is 2. The highest BCUT2D eigenvalue weighted by atomic mass is 14.9. The third kappa shape index (κ3) is 3.74. The Kier molecular flexibility index (Phi) is 5.22. The summed E-state index contributed by atoms with van der Waals surface area (Å²) in [6.07, 6.45) is 4.13. The first kappa shape index (κ1) is 17.4. The molecule has 0 radical (unpaired) electrons. The zero-order chi connectivity index (χ0) is 18.5. The lowest BCUT2D eigenvalue weighted by Gasteiger charge is -2.17. The lowest BCUT2D eigenvalue weighted by atomic mass is 9.93. The van der Waals surface area contributed by atoms with Crippen molar-refractivity contribution in [3.8, 4) is 11.1 Å². The Bertz CT molecular complexity index is 1020. The van der Waals surface area contributed by atoms with Gasteiger partial charge in [0.2, 0.25) is 0 Å². The van der Waals surface area contributed by atoms with E-state index in [0.717, 1.165) is 25.1 Å². The van der Waals surface area contributed by atoms with Gasteiger partial charge in [0.1, 0.15) is 0 Å². The van der Waals surface area contributed by atoms with Gasteiger partial charge in [-0.2, -0.15) is 0 Å². The lowest BCUT2D eigenvalue weighted by Crippen LogP contribution is -2.09. The highest BCUT2D eigenvalue weighted by molar-refractivity contribution is 5.96. The van der Waals surface area contributed by atoms with Crippen LogP contribution in [0.15, 0.2) is 79.0 Å². The Balaban J connectivity index is 1.80. The van der Waals surface area contributed by atoms with Crippen LogP contribution in [0.25, 0.3) is 22.0 Å². The Morgan fingerprint density at radius 2 is 1.63 bits per heavy atom. The molecule has 1 heterocycles. The van der Waals surface area contributed by atoms with E-state index in [1.807, 2.05) is 19.3 Å². The summed E-state index contributed by atoms with van der Waals surface area (Å²) < 4.78 is 0. The number of aromatic amines is 1. The predicted molar refractivity (Wildman–Crippen MR) is 116 cm³/mol. The van der Waals surface area contributed by atoms with Crippen molar-refractivity contribution in [3.63, 3.8) is 0 Å². The van der Waals surface area contributed by atoms with Crippen molar-refractivity contribution in [1.82, 2.24) is 10.3 Å². The molecule has 0 fully saturated rings. The van der Waals surface area contributed by atoms with Crippen LogP contribution in [0.1, 0.15) is 12.0 Å². The molecule has 0 aliphatic carbocycles. The standard InChI is InChI=1S/C24H25N3/c1-25-16-7-13-21-20(22-12-5-8-18-15-17-26-24(18)22)11-6-14-23(21)27-19-9-3-2-4-10-19/h2-6,8-12,14-15,17,25-27H,7,13,16H2,1H3. The van der Waals surface area contributed by atoms with Crippen molar-refractivity contribution in [3.05, 3.63) is 84.6 Å². The van der Waals surface area contributed by atoms with E-state index in [0.29, 0.717) is 0 Å². The Morgan fingerprint density at radius 1 is 0.815 bits per heavy atom. The molecule has 0 bridgehead atoms. The summed E-state index contributed by atoms with van der Waals surface area (Å²) in [5.74, 6) is 0. The summed E-state index contributed by atoms with van der Waals surface area (Å²) in [4.78, 5) is 3.42. The van der Waals surface area contributed by atoms with Crippen molar-refractivity contribution in [2.24, 2.45) is 0 Å². The molecule has 0 aliphatic heterocycles. The molecule has 4 rings (SSSR count). The number of anilines is 2. The van der Waals surface area contributed by atoms with Crippen molar-refractivity contribution >= 4 is 22.3 Å². The predicted octanol–water partition coefficient (Wildman–Crippen LogP) is 5.73. The van der Waals surface area contributed by atoms with E-state index in [1.165, 1.54) is 33.3 Å². The number of H-pyrrole nitrogens is 1. The highest BCUT2D eigenvalue weighted by Gasteiger charge is 2.13. The van der Waals surface area contributed by atoms with E-state index in [4.69, 9.17) is 0 Å². The number of nitrogens with one attached hydrogen (secondary N) is 3. The molecule has 0 saturated heterocycles. The molecule has 0 spiro atoms. The van der Waals surface area contributed by atoms with Gasteiger partial charge in [-0.15, -0.1) is 0 Å². The minimum atomic E-state index is 1.01. The van der Waals surface area contributed by atoms with E-state index in [-0.39, 0.29) is 0 Å². The van der Waals surface area contributed by atoms with Crippen LogP contribution >= 0.6 is 0 Å². The zero-order valence-electron chi connectivity index (χ0n) is 15.6. The maximum Gasteiger partial charge on any atom is 0.0533 e. The summed E-state index contributed by atoms with van der Waals surface area (Å²) in [6, 6.07) is 25.6. The molecule has 0 aliphatic rings. The van der Waals surface area contributed by atoms with Crippen LogP contribution < -0.4 is 10.6 Å². The van der Waals surface area contributed by atoms with E-state index in [9.17, 15) is 0 Å². The van der Waals surface area contributed by atoms with Crippen LogP contribution in [0, 0.1) is 0 Å². The molecule has 4 aromatic rings. The van der Waals surface area contributed by atoms with Crippen LogP contribution in [0.5, 0.6) is 0 Å². The summed E-state index contributed by atoms with van der Waals surface area (Å²) in [5, 5.41) is 8.13. The van der Waals surface area contributed by atoms with Crippen molar-refractivity contribution < 1.29 is 0 Å². The Hall–Kier alpha value is -3.04. The van der Waals surface area contributed by atoms with Crippen LogP contribution in [0.2, 0.25) is 0 Å². The van der Waals surface area contributed by atoms with E-state index in [1.54, 1.807) is 0 Å². The minimum Gasteiger partial charge on any atom is -0.361 e. The van der Waals surface area contributed by atoms with Gasteiger partial charge in [0.15, 0.2) is 0 Å². The summed E-state index contributed by atoms with van der Waals surface area (Å²) in [5.41, 5.74) is 7.40. The quantitative estimate of drug-likeness (QED) is 0.370. The van der Waals surface area contributed by atoms with Crippen molar-refractivity contribution in [2.45, 2.75) is 12.8 Å². The van der Waals surface area contributed by atoms with Gasteiger partial charge < -0.3 is 15.6 Å². The Labute approximate surface area is 160 Å². The molecule has 3 N–H and O–H groups in total. The van der Waals surface area contributed by atoms with E-state index >= 15 is 0 Å². The summed E-state index contributed by atoms with van der Waals surface area (Å²) in [7, 11) is 2.01. The van der Waals surface area contributed by atoms with Gasteiger partial charge >= 0.3 is 0 Å². The molecule has 3 nitrogen and oxygen atoms in total. The van der Waals surface area contributed by atoms with E-state index in [2.05, 4.69) is 82.3 Å². The van der Waals surface area contributed by atoms with Gasteiger partial charge in [-0.1, -0.05) is 48.5 Å². The number of fused-ring (bicyclic) bond motifs is 1. The van der Waals surface area contributed by atoms with E-state index < -0.39 is 0 Å².